The molecule has 0 aliphatic rings. The molecule has 0 bridgehead atoms. The van der Waals surface area contributed by atoms with Gasteiger partial charge in [-0.05, 0) is 220 Å². The molecule has 0 spiro atoms. The maximum Gasteiger partial charge on any atom is 0.143 e. The summed E-state index contributed by atoms with van der Waals surface area (Å²) < 4.78 is 13.8. The van der Waals surface area contributed by atoms with E-state index >= 15 is 0 Å². The van der Waals surface area contributed by atoms with E-state index in [1.165, 1.54) is 93.3 Å². The standard InChI is InChI=1S/C50H33NO.C28H21N.C22H13BrO.P/c1-2-8-34(9-3-1)36-16-24-43(25-17-36)51(44-26-18-37(19-27-44)41-15-14-35-10-4-5-12-40(35)32-41)45-28-20-38(21-29-45)42-23-30-47-48-31-22-39-11-6-7-13-46(39)50(48)52-49(47)33-42;1-2-6-21(7-3-1)23-12-16-27(17-13-23)29-28-18-14-24(15-19-28)26-11-10-22-8-4-5-9-25(22)20-26;23-17-9-5-14(6-10-17)16-8-11-19-20-12-7-15-3-1-2-4-18(15)22(20)24-21(19)13-16;/h1-33H;1-20,29H;1-13H;/q;;;-3. The van der Waals surface area contributed by atoms with Crippen molar-refractivity contribution in [2.45, 2.75) is 0 Å². The third kappa shape index (κ3) is 13.6. The molecule has 0 aliphatic carbocycles. The van der Waals surface area contributed by atoms with E-state index < -0.39 is 0 Å². The van der Waals surface area contributed by atoms with Crippen molar-refractivity contribution in [2.24, 2.45) is 0 Å². The zero-order valence-corrected chi connectivity index (χ0v) is 60.2. The smallest absolute Gasteiger partial charge is 0.143 e. The highest BCUT2D eigenvalue weighted by Crippen LogP contribution is 2.42. The molecule has 0 unspecified atom stereocenters. The molecule has 1 N–H and O–H groups in total. The molecule has 504 valence electrons. The fourth-order valence-corrected chi connectivity index (χ4v) is 14.8. The van der Waals surface area contributed by atoms with Crippen LogP contribution in [0.2, 0.25) is 0 Å². The number of halogens is 1. The second kappa shape index (κ2) is 29.5. The van der Waals surface area contributed by atoms with Crippen LogP contribution in [0.1, 0.15) is 0 Å². The molecular weight excluding hydrogens is 1370 g/mol. The van der Waals surface area contributed by atoms with Gasteiger partial charge in [-0.3, -0.25) is 0 Å². The summed E-state index contributed by atoms with van der Waals surface area (Å²) in [6.07, 6.45) is 0. The second-order valence-electron chi connectivity index (χ2n) is 26.6. The number of anilines is 5. The van der Waals surface area contributed by atoms with Crippen LogP contribution in [0.3, 0.4) is 0 Å². The minimum absolute atomic E-state index is 0. The Hall–Kier alpha value is -12.9. The van der Waals surface area contributed by atoms with E-state index in [0.717, 1.165) is 93.3 Å². The summed E-state index contributed by atoms with van der Waals surface area (Å²) in [5.74, 6) is 0. The molecule has 0 aliphatic heterocycles. The Balaban J connectivity index is 0.000000129. The van der Waals surface area contributed by atoms with Crippen molar-refractivity contribution in [2.75, 3.05) is 10.2 Å². The minimum atomic E-state index is 0. The first-order valence-electron chi connectivity index (χ1n) is 35.5. The van der Waals surface area contributed by atoms with Gasteiger partial charge in [-0.25, -0.2) is 0 Å². The maximum absolute atomic E-state index is 6.50. The van der Waals surface area contributed by atoms with E-state index in [2.05, 4.69) is 420 Å². The molecule has 2 aromatic heterocycles. The summed E-state index contributed by atoms with van der Waals surface area (Å²) in [6.45, 7) is 0. The Morgan fingerprint density at radius 1 is 0.208 bits per heavy atom. The average Bonchev–Trinajstić information content (AvgIpc) is 1.59. The van der Waals surface area contributed by atoms with Gasteiger partial charge >= 0.3 is 0 Å². The molecule has 18 aromatic carbocycles. The molecule has 0 saturated carbocycles. The van der Waals surface area contributed by atoms with Crippen molar-refractivity contribution in [3.63, 3.8) is 0 Å². The Kier molecular flexibility index (Phi) is 18.4. The summed E-state index contributed by atoms with van der Waals surface area (Å²) in [5.41, 5.74) is 23.6. The lowest BCUT2D eigenvalue weighted by molar-refractivity contribution is 0.672. The number of fused-ring (bicyclic) bond motifs is 12. The normalized spacial score (nSPS) is 11.2. The summed E-state index contributed by atoms with van der Waals surface area (Å²) in [6, 6.07) is 142. The number of furan rings is 2. The van der Waals surface area contributed by atoms with E-state index in [-0.39, 0.29) is 9.90 Å². The van der Waals surface area contributed by atoms with Gasteiger partial charge in [-0.15, -0.1) is 0 Å². The van der Waals surface area contributed by atoms with Crippen molar-refractivity contribution >= 4 is 141 Å². The third-order valence-electron chi connectivity index (χ3n) is 20.1. The molecule has 0 saturated heterocycles. The lowest BCUT2D eigenvalue weighted by Crippen LogP contribution is -2.09. The average molecular weight is 1440 g/mol. The van der Waals surface area contributed by atoms with Crippen molar-refractivity contribution in [1.82, 2.24) is 0 Å². The molecular formula is C100H67BrN2O2P-3. The second-order valence-corrected chi connectivity index (χ2v) is 27.5. The topological polar surface area (TPSA) is 41.6 Å². The van der Waals surface area contributed by atoms with Crippen LogP contribution in [-0.4, -0.2) is 0 Å². The summed E-state index contributed by atoms with van der Waals surface area (Å²) in [4.78, 5) is 2.33. The van der Waals surface area contributed by atoms with Gasteiger partial charge in [0.1, 0.15) is 22.3 Å². The zero-order valence-electron chi connectivity index (χ0n) is 57.7. The number of nitrogens with one attached hydrogen (secondary N) is 1. The van der Waals surface area contributed by atoms with Crippen molar-refractivity contribution < 1.29 is 8.83 Å². The van der Waals surface area contributed by atoms with Crippen LogP contribution in [0.15, 0.2) is 414 Å². The summed E-state index contributed by atoms with van der Waals surface area (Å²) in [5, 5.41) is 17.9. The number of hydrogen-bond acceptors (Lipinski definition) is 4. The highest BCUT2D eigenvalue weighted by Gasteiger charge is 2.17. The Morgan fingerprint density at radius 3 is 0.877 bits per heavy atom. The number of hydrogen-bond donors (Lipinski definition) is 1. The molecule has 20 rings (SSSR count). The summed E-state index contributed by atoms with van der Waals surface area (Å²) in [7, 11) is 0. The Labute approximate surface area is 627 Å². The molecule has 0 atom stereocenters. The predicted molar refractivity (Wildman–Crippen MR) is 456 cm³/mol. The first-order chi connectivity index (χ1) is 51.9. The van der Waals surface area contributed by atoms with Crippen LogP contribution in [-0.2, 0) is 0 Å². The van der Waals surface area contributed by atoms with Crippen molar-refractivity contribution in [1.29, 1.82) is 0 Å². The van der Waals surface area contributed by atoms with Gasteiger partial charge in [-0.2, -0.15) is 0 Å². The van der Waals surface area contributed by atoms with Gasteiger partial charge < -0.3 is 28.9 Å². The summed E-state index contributed by atoms with van der Waals surface area (Å²) >= 11 is 3.49. The van der Waals surface area contributed by atoms with E-state index in [9.17, 15) is 0 Å². The SMILES string of the molecule is Brc1ccc(-c2ccc3c(c2)oc2c4ccccc4ccc32)cc1.[P-3].c1ccc(-c2ccc(N(c3ccc(-c4ccc5ccccc5c4)cc3)c3ccc(-c4ccc5c(c4)oc4c6ccccc6ccc54)cc3)cc2)cc1.c1ccc(-c2ccc(Nc3ccc(-c4ccc5ccccc5c4)cc3)cc2)cc1. The van der Waals surface area contributed by atoms with E-state index in [1.807, 2.05) is 6.07 Å². The van der Waals surface area contributed by atoms with Crippen LogP contribution in [0.4, 0.5) is 28.4 Å². The maximum atomic E-state index is 6.50. The lowest BCUT2D eigenvalue weighted by atomic mass is 10.0. The highest BCUT2D eigenvalue weighted by atomic mass is 79.9. The lowest BCUT2D eigenvalue weighted by Gasteiger charge is -3.00. The van der Waals surface area contributed by atoms with Crippen molar-refractivity contribution in [3.8, 4) is 66.8 Å². The van der Waals surface area contributed by atoms with Crippen LogP contribution >= 0.6 is 25.8 Å². The quantitative estimate of drug-likeness (QED) is 0.131. The Bertz CT molecular complexity index is 6520. The third-order valence-corrected chi connectivity index (χ3v) is 20.6. The first-order valence-corrected chi connectivity index (χ1v) is 36.3. The van der Waals surface area contributed by atoms with Gasteiger partial charge in [-0.1, -0.05) is 295 Å². The van der Waals surface area contributed by atoms with Gasteiger partial charge in [0.25, 0.3) is 0 Å². The van der Waals surface area contributed by atoms with Crippen LogP contribution in [0.25, 0.3) is 154 Å². The fourth-order valence-electron chi connectivity index (χ4n) is 14.5. The molecule has 0 fully saturated rings. The molecule has 2 heterocycles. The first kappa shape index (κ1) is 66.4. The van der Waals surface area contributed by atoms with Crippen LogP contribution in [0, 0.1) is 0 Å². The van der Waals surface area contributed by atoms with Crippen LogP contribution < -0.4 is 10.2 Å². The fraction of sp³-hybridized carbons (Fsp3) is 0. The Morgan fingerprint density at radius 2 is 0.481 bits per heavy atom. The van der Waals surface area contributed by atoms with Gasteiger partial charge in [0.2, 0.25) is 0 Å². The van der Waals surface area contributed by atoms with Gasteiger partial charge in [0.05, 0.1) is 0 Å². The zero-order chi connectivity index (χ0) is 70.0. The molecule has 0 radical (unpaired) electrons. The minimum Gasteiger partial charge on any atom is -3.00 e. The molecule has 106 heavy (non-hydrogen) atoms. The van der Waals surface area contributed by atoms with Gasteiger partial charge in [0.15, 0.2) is 0 Å². The number of nitrogens with zero attached hydrogens (tertiary/aromatic N) is 1. The predicted octanol–water partition coefficient (Wildman–Crippen LogP) is 30.3. The van der Waals surface area contributed by atoms with E-state index in [1.54, 1.807) is 0 Å². The largest absolute Gasteiger partial charge is 3.00 e. The molecule has 0 amide bonds. The van der Waals surface area contributed by atoms with E-state index in [0.29, 0.717) is 0 Å². The van der Waals surface area contributed by atoms with Crippen molar-refractivity contribution in [3.05, 3.63) is 405 Å². The monoisotopic (exact) mass is 1440 g/mol. The molecule has 6 heteroatoms. The molecule has 4 nitrogen and oxygen atoms in total. The highest BCUT2D eigenvalue weighted by molar-refractivity contribution is 9.10. The van der Waals surface area contributed by atoms with E-state index in [4.69, 9.17) is 8.83 Å². The number of benzene rings is 18. The van der Waals surface area contributed by atoms with Crippen LogP contribution in [0.5, 0.6) is 0 Å². The molecule has 20 aromatic rings. The van der Waals surface area contributed by atoms with Gasteiger partial charge in [0, 0.05) is 65.2 Å². The number of rotatable bonds is 11.